The van der Waals surface area contributed by atoms with Crippen molar-refractivity contribution in [3.05, 3.63) is 22.8 Å². The van der Waals surface area contributed by atoms with Crippen molar-refractivity contribution in [1.82, 2.24) is 14.9 Å². The summed E-state index contributed by atoms with van der Waals surface area (Å²) >= 11 is 0. The van der Waals surface area contributed by atoms with Crippen molar-refractivity contribution < 1.29 is 9.53 Å². The molecule has 1 amide bonds. The number of hydrogen-bond donors (Lipinski definition) is 0. The second-order valence-corrected chi connectivity index (χ2v) is 7.50. The number of fused-ring (bicyclic) bond motifs is 5. The highest BCUT2D eigenvalue weighted by Gasteiger charge is 2.68. The SMILES string of the molecule is CC1(C)C2CCC1(C(=O)N1CCOCC1)c1nc(C#N)c(C#N)nc12. The van der Waals surface area contributed by atoms with Gasteiger partial charge >= 0.3 is 0 Å². The van der Waals surface area contributed by atoms with Crippen LogP contribution >= 0.6 is 0 Å². The van der Waals surface area contributed by atoms with Gasteiger partial charge in [0.15, 0.2) is 11.4 Å². The molecule has 1 aromatic heterocycles. The summed E-state index contributed by atoms with van der Waals surface area (Å²) in [6.07, 6.45) is 1.56. The zero-order valence-electron chi connectivity index (χ0n) is 14.4. The van der Waals surface area contributed by atoms with Crippen molar-refractivity contribution in [3.63, 3.8) is 0 Å². The fourth-order valence-corrected chi connectivity index (χ4v) is 4.92. The minimum Gasteiger partial charge on any atom is -0.378 e. The lowest BCUT2D eigenvalue weighted by Crippen LogP contribution is -2.54. The highest BCUT2D eigenvalue weighted by Crippen LogP contribution is 2.67. The van der Waals surface area contributed by atoms with E-state index in [-0.39, 0.29) is 28.6 Å². The van der Waals surface area contributed by atoms with E-state index in [0.29, 0.717) is 38.4 Å². The summed E-state index contributed by atoms with van der Waals surface area (Å²) in [6.45, 7) is 6.41. The molecule has 0 aromatic carbocycles. The maximum atomic E-state index is 13.6. The predicted octanol–water partition coefficient (Wildman–Crippen LogP) is 1.23. The Morgan fingerprint density at radius 3 is 2.48 bits per heavy atom. The molecule has 3 aliphatic rings. The Hall–Kier alpha value is -2.51. The second-order valence-electron chi connectivity index (χ2n) is 7.50. The Kier molecular flexibility index (Phi) is 3.35. The molecule has 25 heavy (non-hydrogen) atoms. The molecule has 0 spiro atoms. The quantitative estimate of drug-likeness (QED) is 0.763. The van der Waals surface area contributed by atoms with E-state index in [0.717, 1.165) is 12.1 Å². The molecule has 2 heterocycles. The van der Waals surface area contributed by atoms with Gasteiger partial charge in [0.05, 0.1) is 30.0 Å². The van der Waals surface area contributed by atoms with Gasteiger partial charge in [-0.3, -0.25) is 4.79 Å². The van der Waals surface area contributed by atoms with E-state index in [9.17, 15) is 15.3 Å². The van der Waals surface area contributed by atoms with Crippen molar-refractivity contribution in [3.8, 4) is 12.1 Å². The summed E-state index contributed by atoms with van der Waals surface area (Å²) in [7, 11) is 0. The van der Waals surface area contributed by atoms with Crippen LogP contribution in [-0.2, 0) is 14.9 Å². The normalized spacial score (nSPS) is 29.0. The lowest BCUT2D eigenvalue weighted by molar-refractivity contribution is -0.145. The molecule has 2 bridgehead atoms. The predicted molar refractivity (Wildman–Crippen MR) is 86.3 cm³/mol. The maximum absolute atomic E-state index is 13.6. The van der Waals surface area contributed by atoms with Crippen molar-refractivity contribution in [2.75, 3.05) is 26.3 Å². The average Bonchev–Trinajstić information content (AvgIpc) is 3.02. The van der Waals surface area contributed by atoms with Crippen LogP contribution in [0.4, 0.5) is 0 Å². The third-order valence-corrected chi connectivity index (χ3v) is 6.31. The fourth-order valence-electron chi connectivity index (χ4n) is 4.92. The van der Waals surface area contributed by atoms with Crippen molar-refractivity contribution in [1.29, 1.82) is 10.5 Å². The molecule has 0 N–H and O–H groups in total. The van der Waals surface area contributed by atoms with Gasteiger partial charge in [-0.05, 0) is 18.3 Å². The van der Waals surface area contributed by atoms with Crippen LogP contribution in [0.5, 0.6) is 0 Å². The first-order valence-corrected chi connectivity index (χ1v) is 8.57. The van der Waals surface area contributed by atoms with E-state index in [1.165, 1.54) is 0 Å². The minimum atomic E-state index is -0.767. The Morgan fingerprint density at radius 1 is 1.20 bits per heavy atom. The first-order chi connectivity index (χ1) is 12.0. The average molecular weight is 337 g/mol. The molecule has 2 aliphatic carbocycles. The lowest BCUT2D eigenvalue weighted by Gasteiger charge is -2.41. The smallest absolute Gasteiger partial charge is 0.235 e. The molecule has 1 aromatic rings. The van der Waals surface area contributed by atoms with E-state index in [1.54, 1.807) is 0 Å². The molecule has 1 saturated carbocycles. The zero-order valence-corrected chi connectivity index (χ0v) is 14.4. The van der Waals surface area contributed by atoms with Gasteiger partial charge in [-0.15, -0.1) is 0 Å². The summed E-state index contributed by atoms with van der Waals surface area (Å²) < 4.78 is 5.38. The molecule has 2 atom stereocenters. The van der Waals surface area contributed by atoms with E-state index in [2.05, 4.69) is 23.8 Å². The van der Waals surface area contributed by atoms with E-state index in [4.69, 9.17) is 4.74 Å². The number of amides is 1. The van der Waals surface area contributed by atoms with E-state index < -0.39 is 5.41 Å². The number of rotatable bonds is 1. The molecule has 1 saturated heterocycles. The molecule has 1 aliphatic heterocycles. The molecule has 7 nitrogen and oxygen atoms in total. The van der Waals surface area contributed by atoms with Crippen LogP contribution in [0, 0.1) is 28.1 Å². The van der Waals surface area contributed by atoms with Gasteiger partial charge in [-0.2, -0.15) is 10.5 Å². The third-order valence-electron chi connectivity index (χ3n) is 6.31. The molecular weight excluding hydrogens is 318 g/mol. The third kappa shape index (κ3) is 1.85. The van der Waals surface area contributed by atoms with Crippen LogP contribution in [0.2, 0.25) is 0 Å². The Balaban J connectivity index is 1.90. The second kappa shape index (κ2) is 5.24. The van der Waals surface area contributed by atoms with Gasteiger partial charge in [-0.1, -0.05) is 13.8 Å². The van der Waals surface area contributed by atoms with Gasteiger partial charge in [0.2, 0.25) is 5.91 Å². The number of morpholine rings is 1. The van der Waals surface area contributed by atoms with Crippen molar-refractivity contribution in [2.45, 2.75) is 38.0 Å². The fraction of sp³-hybridized carbons (Fsp3) is 0.611. The van der Waals surface area contributed by atoms with Gasteiger partial charge in [0.1, 0.15) is 12.1 Å². The molecule has 2 unspecified atom stereocenters. The van der Waals surface area contributed by atoms with E-state index >= 15 is 0 Å². The summed E-state index contributed by atoms with van der Waals surface area (Å²) in [5.74, 6) is 0.143. The molecule has 2 fully saturated rings. The van der Waals surface area contributed by atoms with Crippen LogP contribution in [0.1, 0.15) is 55.4 Å². The maximum Gasteiger partial charge on any atom is 0.235 e. The lowest BCUT2D eigenvalue weighted by atomic mass is 9.67. The van der Waals surface area contributed by atoms with Gasteiger partial charge in [0, 0.05) is 19.0 Å². The number of aromatic nitrogens is 2. The monoisotopic (exact) mass is 337 g/mol. The summed E-state index contributed by atoms with van der Waals surface area (Å²) in [6, 6.07) is 3.92. The number of ether oxygens (including phenoxy) is 1. The van der Waals surface area contributed by atoms with Gasteiger partial charge in [-0.25, -0.2) is 9.97 Å². The summed E-state index contributed by atoms with van der Waals surface area (Å²) in [5.41, 5.74) is 0.300. The minimum absolute atomic E-state index is 0.0127. The topological polar surface area (TPSA) is 103 Å². The highest BCUT2D eigenvalue weighted by molar-refractivity contribution is 5.91. The van der Waals surface area contributed by atoms with Crippen LogP contribution < -0.4 is 0 Å². The highest BCUT2D eigenvalue weighted by atomic mass is 16.5. The molecular formula is C18H19N5O2. The van der Waals surface area contributed by atoms with Gasteiger partial charge in [0.25, 0.3) is 0 Å². The van der Waals surface area contributed by atoms with Gasteiger partial charge < -0.3 is 9.64 Å². The largest absolute Gasteiger partial charge is 0.378 e. The number of carbonyl (C=O) groups is 1. The van der Waals surface area contributed by atoms with Crippen molar-refractivity contribution >= 4 is 5.91 Å². The van der Waals surface area contributed by atoms with E-state index in [1.807, 2.05) is 17.0 Å². The van der Waals surface area contributed by atoms with Crippen LogP contribution in [-0.4, -0.2) is 47.1 Å². The first-order valence-electron chi connectivity index (χ1n) is 8.57. The summed E-state index contributed by atoms with van der Waals surface area (Å²) in [5, 5.41) is 18.6. The standard InChI is InChI=1S/C18H19N5O2/c1-17(2)11-3-4-18(17,16(24)23-5-7-25-8-6-23)15-14(11)21-12(9-19)13(10-20)22-15/h11H,3-8H2,1-2H3. The molecule has 0 radical (unpaired) electrons. The van der Waals surface area contributed by atoms with Crippen LogP contribution in [0.3, 0.4) is 0 Å². The first kappa shape index (κ1) is 16.0. The number of nitrogens with zero attached hydrogens (tertiary/aromatic N) is 5. The number of carbonyl (C=O) groups excluding carboxylic acids is 1. The Bertz CT molecular complexity index is 844. The Morgan fingerprint density at radius 2 is 1.84 bits per heavy atom. The zero-order chi connectivity index (χ0) is 17.8. The molecule has 4 rings (SSSR count). The molecule has 128 valence electrons. The molecule has 7 heteroatoms. The number of hydrogen-bond acceptors (Lipinski definition) is 6. The number of nitriles is 2. The van der Waals surface area contributed by atoms with Crippen LogP contribution in [0.25, 0.3) is 0 Å². The van der Waals surface area contributed by atoms with Crippen molar-refractivity contribution in [2.24, 2.45) is 5.41 Å². The Labute approximate surface area is 146 Å². The van der Waals surface area contributed by atoms with Crippen LogP contribution in [0.15, 0.2) is 0 Å². The summed E-state index contributed by atoms with van der Waals surface area (Å²) in [4.78, 5) is 24.4.